The molecule has 0 N–H and O–H groups in total. The average molecular weight is 525 g/mol. The molecule has 4 nitrogen and oxygen atoms in total. The Labute approximate surface area is 226 Å². The first-order valence-electron chi connectivity index (χ1n) is 12.6. The van der Waals surface area contributed by atoms with E-state index in [1.54, 1.807) is 35.2 Å². The molecule has 2 aliphatic rings. The van der Waals surface area contributed by atoms with E-state index in [1.807, 2.05) is 72.6 Å². The number of carbonyl (C=O) groups excluding carboxylic acids is 2. The number of halogens is 2. The van der Waals surface area contributed by atoms with Gasteiger partial charge in [0.1, 0.15) is 11.4 Å². The topological polar surface area (TPSA) is 40.6 Å². The van der Waals surface area contributed by atoms with Crippen LogP contribution in [-0.4, -0.2) is 30.2 Å². The monoisotopic (exact) mass is 524 g/mol. The van der Waals surface area contributed by atoms with E-state index in [0.717, 1.165) is 22.4 Å². The summed E-state index contributed by atoms with van der Waals surface area (Å²) in [6, 6.07) is 30.6. The van der Waals surface area contributed by atoms with Gasteiger partial charge < -0.3 is 4.90 Å². The van der Waals surface area contributed by atoms with E-state index in [9.17, 15) is 14.0 Å². The maximum absolute atomic E-state index is 14.7. The zero-order valence-corrected chi connectivity index (χ0v) is 21.6. The third-order valence-electron chi connectivity index (χ3n) is 7.97. The summed E-state index contributed by atoms with van der Waals surface area (Å²) in [5.74, 6) is -1.59. The van der Waals surface area contributed by atoms with Gasteiger partial charge in [0.2, 0.25) is 0 Å². The largest absolute Gasteiger partial charge is 0.306 e. The maximum Gasteiger partial charge on any atom is 0.253 e. The van der Waals surface area contributed by atoms with Crippen LogP contribution in [0.15, 0.2) is 103 Å². The number of anilines is 1. The highest BCUT2D eigenvalue weighted by molar-refractivity contribution is 6.30. The summed E-state index contributed by atoms with van der Waals surface area (Å²) in [7, 11) is 1.91. The van der Waals surface area contributed by atoms with E-state index >= 15 is 0 Å². The zero-order chi connectivity index (χ0) is 26.4. The van der Waals surface area contributed by atoms with Gasteiger partial charge in [-0.05, 0) is 48.5 Å². The number of Topliss-reactive ketones (excluding diaryl/α,β-unsaturated/α-hetero) is 1. The number of nitrogens with zero attached hydrogens (tertiary/aromatic N) is 2. The number of fused-ring (bicyclic) bond motifs is 2. The first kappa shape index (κ1) is 24.5. The first-order valence-corrected chi connectivity index (χ1v) is 13.0. The van der Waals surface area contributed by atoms with Crippen LogP contribution in [0.25, 0.3) is 0 Å². The number of hydrogen-bond acceptors (Lipinski definition) is 3. The molecule has 0 aliphatic carbocycles. The van der Waals surface area contributed by atoms with Crippen molar-refractivity contribution in [3.8, 4) is 0 Å². The van der Waals surface area contributed by atoms with Crippen molar-refractivity contribution in [3.05, 3.63) is 136 Å². The second kappa shape index (κ2) is 9.50. The molecule has 0 radical (unpaired) electrons. The standard InChI is InChI=1S/C32H26ClFN2O2/c1-35-20-26(22-14-16-25(34)17-15-22)29(30(37)23-9-3-2-4-10-23)32(35)27-12-5-6-13-28(27)36(31(32)38)19-21-8-7-11-24(33)18-21/h2-18,26,29H,19-20H2,1H3/t26-,29-,32+/m1/s1. The predicted molar refractivity (Wildman–Crippen MR) is 147 cm³/mol. The lowest BCUT2D eigenvalue weighted by atomic mass is 9.70. The summed E-state index contributed by atoms with van der Waals surface area (Å²) in [5.41, 5.74) is 2.69. The number of likely N-dealkylation sites (N-methyl/N-ethyl adjacent to an activating group) is 1. The normalized spacial score (nSPS) is 22.7. The molecule has 6 heteroatoms. The lowest BCUT2D eigenvalue weighted by Crippen LogP contribution is -2.53. The van der Waals surface area contributed by atoms with E-state index < -0.39 is 11.5 Å². The number of carbonyl (C=O) groups is 2. The van der Waals surface area contributed by atoms with Gasteiger partial charge in [0.15, 0.2) is 5.78 Å². The van der Waals surface area contributed by atoms with Crippen LogP contribution >= 0.6 is 11.6 Å². The quantitative estimate of drug-likeness (QED) is 0.282. The molecule has 1 saturated heterocycles. The summed E-state index contributed by atoms with van der Waals surface area (Å²) in [5, 5.41) is 0.601. The number of para-hydroxylation sites is 1. The first-order chi connectivity index (χ1) is 18.4. The molecule has 0 unspecified atom stereocenters. The predicted octanol–water partition coefficient (Wildman–Crippen LogP) is 6.45. The lowest BCUT2D eigenvalue weighted by molar-refractivity contribution is -0.129. The number of likely N-dealkylation sites (tertiary alicyclic amines) is 1. The molecule has 2 aliphatic heterocycles. The van der Waals surface area contributed by atoms with Crippen LogP contribution in [0.5, 0.6) is 0 Å². The molecule has 1 amide bonds. The van der Waals surface area contributed by atoms with Gasteiger partial charge in [-0.25, -0.2) is 4.39 Å². The highest BCUT2D eigenvalue weighted by Gasteiger charge is 2.66. The van der Waals surface area contributed by atoms with Crippen molar-refractivity contribution in [1.29, 1.82) is 0 Å². The van der Waals surface area contributed by atoms with E-state index in [4.69, 9.17) is 11.6 Å². The van der Waals surface area contributed by atoms with Crippen molar-refractivity contribution in [2.75, 3.05) is 18.5 Å². The summed E-state index contributed by atoms with van der Waals surface area (Å²) >= 11 is 6.26. The molecule has 190 valence electrons. The molecule has 6 rings (SSSR count). The van der Waals surface area contributed by atoms with Crippen LogP contribution in [0, 0.1) is 11.7 Å². The fourth-order valence-corrected chi connectivity index (χ4v) is 6.55. The van der Waals surface area contributed by atoms with Crippen molar-refractivity contribution >= 4 is 29.0 Å². The van der Waals surface area contributed by atoms with Gasteiger partial charge in [0.25, 0.3) is 5.91 Å². The highest BCUT2D eigenvalue weighted by Crippen LogP contribution is 2.57. The van der Waals surface area contributed by atoms with Gasteiger partial charge in [0.05, 0.1) is 12.5 Å². The maximum atomic E-state index is 14.7. The molecular weight excluding hydrogens is 499 g/mol. The van der Waals surface area contributed by atoms with Crippen molar-refractivity contribution in [2.45, 2.75) is 18.0 Å². The molecule has 4 aromatic carbocycles. The smallest absolute Gasteiger partial charge is 0.253 e. The minimum atomic E-state index is -1.21. The Morgan fingerprint density at radius 2 is 1.66 bits per heavy atom. The third kappa shape index (κ3) is 3.77. The minimum absolute atomic E-state index is 0.1000. The van der Waals surface area contributed by atoms with Crippen molar-refractivity contribution < 1.29 is 14.0 Å². The molecule has 4 aromatic rings. The van der Waals surface area contributed by atoms with Crippen molar-refractivity contribution in [1.82, 2.24) is 4.90 Å². The molecule has 1 fully saturated rings. The second-order valence-corrected chi connectivity index (χ2v) is 10.5. The molecule has 0 aromatic heterocycles. The lowest BCUT2D eigenvalue weighted by Gasteiger charge is -2.36. The zero-order valence-electron chi connectivity index (χ0n) is 20.9. The Hall–Kier alpha value is -3.80. The molecule has 38 heavy (non-hydrogen) atoms. The van der Waals surface area contributed by atoms with Crippen molar-refractivity contribution in [3.63, 3.8) is 0 Å². The SMILES string of the molecule is CN1C[C@H](c2ccc(F)cc2)[C@H](C(=O)c2ccccc2)[C@@]12C(=O)N(Cc1cccc(Cl)c1)c1ccccc12. The Kier molecular flexibility index (Phi) is 6.13. The number of hydrogen-bond donors (Lipinski definition) is 0. The minimum Gasteiger partial charge on any atom is -0.306 e. The van der Waals surface area contributed by atoms with Gasteiger partial charge >= 0.3 is 0 Å². The summed E-state index contributed by atoms with van der Waals surface area (Å²) < 4.78 is 13.9. The van der Waals surface area contributed by atoms with Crippen LogP contribution in [0.1, 0.15) is 33.0 Å². The molecule has 1 spiro atoms. The van der Waals surface area contributed by atoms with Crippen LogP contribution < -0.4 is 4.90 Å². The Morgan fingerprint density at radius 1 is 0.947 bits per heavy atom. The van der Waals surface area contributed by atoms with Gasteiger partial charge in [-0.15, -0.1) is 0 Å². The number of amides is 1. The molecule has 2 heterocycles. The van der Waals surface area contributed by atoms with Gasteiger partial charge in [-0.1, -0.05) is 84.4 Å². The number of benzene rings is 4. The number of ketones is 1. The fourth-order valence-electron chi connectivity index (χ4n) is 6.34. The van der Waals surface area contributed by atoms with E-state index in [0.29, 0.717) is 23.7 Å². The Morgan fingerprint density at radius 3 is 2.39 bits per heavy atom. The summed E-state index contributed by atoms with van der Waals surface area (Å²) in [6.45, 7) is 0.805. The van der Waals surface area contributed by atoms with E-state index in [-0.39, 0.29) is 23.4 Å². The van der Waals surface area contributed by atoms with Crippen LogP contribution in [0.4, 0.5) is 10.1 Å². The van der Waals surface area contributed by atoms with Gasteiger partial charge in [0, 0.05) is 34.3 Å². The van der Waals surface area contributed by atoms with Crippen LogP contribution in [0.2, 0.25) is 5.02 Å². The van der Waals surface area contributed by atoms with Gasteiger partial charge in [-0.2, -0.15) is 0 Å². The molecule has 0 bridgehead atoms. The average Bonchev–Trinajstić information content (AvgIpc) is 3.37. The van der Waals surface area contributed by atoms with E-state index in [1.165, 1.54) is 12.1 Å². The van der Waals surface area contributed by atoms with Crippen molar-refractivity contribution in [2.24, 2.45) is 5.92 Å². The summed E-state index contributed by atoms with van der Waals surface area (Å²) in [4.78, 5) is 32.9. The molecule has 0 saturated carbocycles. The second-order valence-electron chi connectivity index (χ2n) is 10.1. The Bertz CT molecular complexity index is 1520. The number of rotatable bonds is 5. The van der Waals surface area contributed by atoms with Crippen LogP contribution in [0.3, 0.4) is 0 Å². The van der Waals surface area contributed by atoms with Gasteiger partial charge in [-0.3, -0.25) is 14.5 Å². The molecule has 3 atom stereocenters. The Balaban J connectivity index is 1.54. The molecular formula is C32H26ClFN2O2. The summed E-state index contributed by atoms with van der Waals surface area (Å²) in [6.07, 6.45) is 0. The third-order valence-corrected chi connectivity index (χ3v) is 8.21. The van der Waals surface area contributed by atoms with Crippen LogP contribution in [-0.2, 0) is 16.9 Å². The highest BCUT2D eigenvalue weighted by atomic mass is 35.5. The van der Waals surface area contributed by atoms with E-state index in [2.05, 4.69) is 0 Å². The fraction of sp³-hybridized carbons (Fsp3) is 0.188.